The van der Waals surface area contributed by atoms with Crippen LogP contribution in [0.5, 0.6) is 0 Å². The Balaban J connectivity index is 2.24. The second kappa shape index (κ2) is 3.33. The summed E-state index contributed by atoms with van der Waals surface area (Å²) in [4.78, 5) is 11.0. The lowest BCUT2D eigenvalue weighted by Gasteiger charge is -2.04. The van der Waals surface area contributed by atoms with E-state index in [4.69, 9.17) is 11.5 Å². The SMILES string of the molecule is NC(=O)c1cc(CC2CC2)ccc1N. The van der Waals surface area contributed by atoms with E-state index in [2.05, 4.69) is 0 Å². The third kappa shape index (κ3) is 1.87. The number of nitrogen functional groups attached to an aromatic ring is 1. The molecule has 0 spiro atoms. The average molecular weight is 190 g/mol. The molecule has 1 fully saturated rings. The summed E-state index contributed by atoms with van der Waals surface area (Å²) in [7, 11) is 0. The maximum absolute atomic E-state index is 11.0. The minimum absolute atomic E-state index is 0.444. The van der Waals surface area contributed by atoms with E-state index in [-0.39, 0.29) is 0 Å². The van der Waals surface area contributed by atoms with Gasteiger partial charge in [-0.3, -0.25) is 4.79 Å². The molecular formula is C11H14N2O. The number of benzene rings is 1. The predicted octanol–water partition coefficient (Wildman–Crippen LogP) is 1.32. The highest BCUT2D eigenvalue weighted by atomic mass is 16.1. The van der Waals surface area contributed by atoms with Gasteiger partial charge < -0.3 is 11.5 Å². The van der Waals surface area contributed by atoms with Gasteiger partial charge in [-0.15, -0.1) is 0 Å². The van der Waals surface area contributed by atoms with Gasteiger partial charge in [-0.05, 0) is 42.9 Å². The van der Waals surface area contributed by atoms with Gasteiger partial charge in [0.2, 0.25) is 0 Å². The highest BCUT2D eigenvalue weighted by Crippen LogP contribution is 2.33. The van der Waals surface area contributed by atoms with Crippen molar-refractivity contribution in [3.05, 3.63) is 29.3 Å². The number of nitrogens with two attached hydrogens (primary N) is 2. The lowest BCUT2D eigenvalue weighted by atomic mass is 10.0. The summed E-state index contributed by atoms with van der Waals surface area (Å²) in [5.74, 6) is 0.361. The molecule has 0 saturated heterocycles. The van der Waals surface area contributed by atoms with Gasteiger partial charge in [0, 0.05) is 5.69 Å². The fraction of sp³-hybridized carbons (Fsp3) is 0.364. The number of carbonyl (C=O) groups excluding carboxylic acids is 1. The zero-order valence-corrected chi connectivity index (χ0v) is 7.99. The van der Waals surface area contributed by atoms with E-state index < -0.39 is 5.91 Å². The van der Waals surface area contributed by atoms with Crippen molar-refractivity contribution in [2.45, 2.75) is 19.3 Å². The molecule has 0 bridgehead atoms. The Kier molecular flexibility index (Phi) is 2.15. The minimum atomic E-state index is -0.444. The maximum Gasteiger partial charge on any atom is 0.250 e. The number of anilines is 1. The Morgan fingerprint density at radius 2 is 2.14 bits per heavy atom. The summed E-state index contributed by atoms with van der Waals surface area (Å²) >= 11 is 0. The molecule has 1 saturated carbocycles. The van der Waals surface area contributed by atoms with E-state index in [0.29, 0.717) is 11.3 Å². The molecule has 0 unspecified atom stereocenters. The molecule has 14 heavy (non-hydrogen) atoms. The van der Waals surface area contributed by atoms with Crippen molar-refractivity contribution in [2.75, 3.05) is 5.73 Å². The molecule has 1 amide bonds. The second-order valence-electron chi connectivity index (χ2n) is 3.93. The molecule has 3 heteroatoms. The number of rotatable bonds is 3. The van der Waals surface area contributed by atoms with Crippen LogP contribution < -0.4 is 11.5 Å². The summed E-state index contributed by atoms with van der Waals surface area (Å²) in [6.45, 7) is 0. The van der Waals surface area contributed by atoms with E-state index >= 15 is 0 Å². The molecule has 0 aliphatic heterocycles. The number of hydrogen-bond donors (Lipinski definition) is 2. The number of carbonyl (C=O) groups is 1. The van der Waals surface area contributed by atoms with Crippen LogP contribution in [0.15, 0.2) is 18.2 Å². The van der Waals surface area contributed by atoms with Crippen LogP contribution in [0.2, 0.25) is 0 Å². The van der Waals surface area contributed by atoms with Gasteiger partial charge in [0.15, 0.2) is 0 Å². The number of amides is 1. The second-order valence-corrected chi connectivity index (χ2v) is 3.93. The van der Waals surface area contributed by atoms with E-state index in [1.54, 1.807) is 6.07 Å². The molecule has 1 aliphatic rings. The summed E-state index contributed by atoms with van der Waals surface area (Å²) in [5.41, 5.74) is 12.9. The van der Waals surface area contributed by atoms with Gasteiger partial charge in [0.05, 0.1) is 5.56 Å². The lowest BCUT2D eigenvalue weighted by molar-refractivity contribution is 0.100. The Morgan fingerprint density at radius 3 is 2.71 bits per heavy atom. The summed E-state index contributed by atoms with van der Waals surface area (Å²) in [6.07, 6.45) is 3.65. The molecular weight excluding hydrogens is 176 g/mol. The van der Waals surface area contributed by atoms with Crippen molar-refractivity contribution in [3.63, 3.8) is 0 Å². The smallest absolute Gasteiger partial charge is 0.250 e. The van der Waals surface area contributed by atoms with Gasteiger partial charge in [0.1, 0.15) is 0 Å². The van der Waals surface area contributed by atoms with Crippen molar-refractivity contribution in [2.24, 2.45) is 11.7 Å². The standard InChI is InChI=1S/C11H14N2O/c12-10-4-3-8(5-7-1-2-7)6-9(10)11(13)14/h3-4,6-7H,1-2,5,12H2,(H2,13,14). The first-order valence-electron chi connectivity index (χ1n) is 4.85. The molecule has 0 radical (unpaired) electrons. The largest absolute Gasteiger partial charge is 0.398 e. The molecule has 4 N–H and O–H groups in total. The third-order valence-electron chi connectivity index (χ3n) is 2.60. The molecule has 2 rings (SSSR count). The van der Waals surface area contributed by atoms with E-state index in [0.717, 1.165) is 17.9 Å². The first-order valence-corrected chi connectivity index (χ1v) is 4.85. The molecule has 0 aromatic heterocycles. The topological polar surface area (TPSA) is 69.1 Å². The first-order chi connectivity index (χ1) is 6.66. The third-order valence-corrected chi connectivity index (χ3v) is 2.60. The Bertz CT molecular complexity index is 370. The zero-order valence-electron chi connectivity index (χ0n) is 7.99. The molecule has 1 aliphatic carbocycles. The number of primary amides is 1. The van der Waals surface area contributed by atoms with Crippen LogP contribution in [-0.4, -0.2) is 5.91 Å². The lowest BCUT2D eigenvalue weighted by Crippen LogP contribution is -2.13. The van der Waals surface area contributed by atoms with Gasteiger partial charge in [0.25, 0.3) is 5.91 Å². The van der Waals surface area contributed by atoms with Crippen molar-refractivity contribution < 1.29 is 4.79 Å². The molecule has 74 valence electrons. The highest BCUT2D eigenvalue weighted by Gasteiger charge is 2.21. The molecule has 0 atom stereocenters. The van der Waals surface area contributed by atoms with Crippen LogP contribution in [0.3, 0.4) is 0 Å². The van der Waals surface area contributed by atoms with Crippen molar-refractivity contribution in [1.82, 2.24) is 0 Å². The van der Waals surface area contributed by atoms with Gasteiger partial charge in [-0.25, -0.2) is 0 Å². The summed E-state index contributed by atoms with van der Waals surface area (Å²) in [5, 5.41) is 0. The van der Waals surface area contributed by atoms with Crippen LogP contribution in [0, 0.1) is 5.92 Å². The normalized spacial score (nSPS) is 15.4. The van der Waals surface area contributed by atoms with Crippen LogP contribution in [0.4, 0.5) is 5.69 Å². The van der Waals surface area contributed by atoms with E-state index in [9.17, 15) is 4.79 Å². The molecule has 0 heterocycles. The fourth-order valence-corrected chi connectivity index (χ4v) is 1.60. The van der Waals surface area contributed by atoms with Gasteiger partial charge in [-0.1, -0.05) is 6.07 Å². The maximum atomic E-state index is 11.0. The van der Waals surface area contributed by atoms with E-state index in [1.807, 2.05) is 12.1 Å². The minimum Gasteiger partial charge on any atom is -0.398 e. The highest BCUT2D eigenvalue weighted by molar-refractivity contribution is 5.98. The summed E-state index contributed by atoms with van der Waals surface area (Å²) < 4.78 is 0. The first kappa shape index (κ1) is 9.06. The van der Waals surface area contributed by atoms with Crippen LogP contribution >= 0.6 is 0 Å². The molecule has 1 aromatic carbocycles. The quantitative estimate of drug-likeness (QED) is 0.706. The Hall–Kier alpha value is -1.51. The van der Waals surface area contributed by atoms with Crippen LogP contribution in [0.25, 0.3) is 0 Å². The van der Waals surface area contributed by atoms with Gasteiger partial charge in [-0.2, -0.15) is 0 Å². The number of hydrogen-bond acceptors (Lipinski definition) is 2. The monoisotopic (exact) mass is 190 g/mol. The zero-order chi connectivity index (χ0) is 10.1. The predicted molar refractivity (Wildman–Crippen MR) is 55.8 cm³/mol. The van der Waals surface area contributed by atoms with Crippen molar-refractivity contribution >= 4 is 11.6 Å². The van der Waals surface area contributed by atoms with Crippen molar-refractivity contribution in [3.8, 4) is 0 Å². The summed E-state index contributed by atoms with van der Waals surface area (Å²) in [6, 6.07) is 5.55. The molecule has 1 aromatic rings. The van der Waals surface area contributed by atoms with Crippen LogP contribution in [-0.2, 0) is 6.42 Å². The van der Waals surface area contributed by atoms with E-state index in [1.165, 1.54) is 12.8 Å². The van der Waals surface area contributed by atoms with Crippen molar-refractivity contribution in [1.29, 1.82) is 0 Å². The fourth-order valence-electron chi connectivity index (χ4n) is 1.60. The van der Waals surface area contributed by atoms with Crippen LogP contribution in [0.1, 0.15) is 28.8 Å². The molecule has 3 nitrogen and oxygen atoms in total. The average Bonchev–Trinajstić information content (AvgIpc) is 2.92. The Labute approximate surface area is 83.1 Å². The Morgan fingerprint density at radius 1 is 1.43 bits per heavy atom. The van der Waals surface area contributed by atoms with Gasteiger partial charge >= 0.3 is 0 Å².